The molecule has 0 aliphatic carbocycles. The van der Waals surface area contributed by atoms with E-state index in [-0.39, 0.29) is 5.56 Å². The molecule has 1 atom stereocenters. The van der Waals surface area contributed by atoms with Crippen LogP contribution in [0.2, 0.25) is 0 Å². The predicted molar refractivity (Wildman–Crippen MR) is 77.9 cm³/mol. The number of rotatable bonds is 5. The molecule has 0 saturated carbocycles. The molecule has 1 aromatic carbocycles. The maximum atomic E-state index is 12.3. The molecule has 0 aliphatic rings. The van der Waals surface area contributed by atoms with Crippen LogP contribution in [0.25, 0.3) is 5.69 Å². The topological polar surface area (TPSA) is 84.2 Å². The van der Waals surface area contributed by atoms with Gasteiger partial charge in [0, 0.05) is 17.5 Å². The molecule has 0 spiro atoms. The third-order valence-corrected chi connectivity index (χ3v) is 3.25. The van der Waals surface area contributed by atoms with Crippen LogP contribution in [0, 0.1) is 6.92 Å². The largest absolute Gasteiger partial charge is 0.480 e. The van der Waals surface area contributed by atoms with Crippen LogP contribution >= 0.6 is 0 Å². The lowest BCUT2D eigenvalue weighted by Gasteiger charge is -2.16. The van der Waals surface area contributed by atoms with Gasteiger partial charge in [0.1, 0.15) is 6.04 Å². The summed E-state index contributed by atoms with van der Waals surface area (Å²) in [5, 5.41) is 14.8. The number of aromatic nitrogens is 2. The van der Waals surface area contributed by atoms with Crippen molar-refractivity contribution in [1.29, 1.82) is 0 Å². The number of benzene rings is 1. The van der Waals surface area contributed by atoms with E-state index >= 15 is 0 Å². The summed E-state index contributed by atoms with van der Waals surface area (Å²) in [5.41, 5.74) is 1.58. The van der Waals surface area contributed by atoms with Gasteiger partial charge in [0.25, 0.3) is 5.91 Å². The second-order valence-electron chi connectivity index (χ2n) is 5.11. The fourth-order valence-corrected chi connectivity index (χ4v) is 2.07. The van der Waals surface area contributed by atoms with E-state index in [1.807, 2.05) is 12.2 Å². The molecule has 128 valence electrons. The molecule has 24 heavy (non-hydrogen) atoms. The Morgan fingerprint density at radius 3 is 2.33 bits per heavy atom. The van der Waals surface area contributed by atoms with Crippen molar-refractivity contribution in [3.8, 4) is 5.69 Å². The van der Waals surface area contributed by atoms with Crippen molar-refractivity contribution in [3.05, 3.63) is 47.8 Å². The summed E-state index contributed by atoms with van der Waals surface area (Å²) in [6, 6.07) is 5.65. The van der Waals surface area contributed by atoms with Crippen LogP contribution in [0.5, 0.6) is 0 Å². The summed E-state index contributed by atoms with van der Waals surface area (Å²) < 4.78 is 38.6. The number of carbonyl (C=O) groups is 2. The molecule has 1 aromatic heterocycles. The minimum Gasteiger partial charge on any atom is -0.480 e. The number of carbonyl (C=O) groups excluding carboxylic acids is 1. The summed E-state index contributed by atoms with van der Waals surface area (Å²) in [4.78, 5) is 22.8. The first-order valence-electron chi connectivity index (χ1n) is 6.89. The monoisotopic (exact) mass is 341 g/mol. The van der Waals surface area contributed by atoms with Gasteiger partial charge in [-0.05, 0) is 37.3 Å². The van der Waals surface area contributed by atoms with Crippen LogP contribution in [0.3, 0.4) is 0 Å². The Kier molecular flexibility index (Phi) is 4.91. The zero-order valence-corrected chi connectivity index (χ0v) is 12.5. The molecule has 0 aliphatic heterocycles. The number of nitrogens with zero attached hydrogens (tertiary/aromatic N) is 2. The average molecular weight is 341 g/mol. The van der Waals surface area contributed by atoms with E-state index in [0.717, 1.165) is 5.69 Å². The molecule has 0 radical (unpaired) electrons. The molecule has 6 nitrogen and oxygen atoms in total. The lowest BCUT2D eigenvalue weighted by molar-refractivity contribution is -0.157. The van der Waals surface area contributed by atoms with E-state index in [9.17, 15) is 22.8 Å². The van der Waals surface area contributed by atoms with Crippen molar-refractivity contribution >= 4 is 11.9 Å². The van der Waals surface area contributed by atoms with Crippen LogP contribution in [0.4, 0.5) is 13.2 Å². The summed E-state index contributed by atoms with van der Waals surface area (Å²) in [6.07, 6.45) is -4.74. The summed E-state index contributed by atoms with van der Waals surface area (Å²) in [5.74, 6) is -2.64. The highest BCUT2D eigenvalue weighted by molar-refractivity contribution is 5.96. The fourth-order valence-electron chi connectivity index (χ4n) is 2.07. The van der Waals surface area contributed by atoms with E-state index < -0.39 is 30.5 Å². The molecular weight excluding hydrogens is 327 g/mol. The third kappa shape index (κ3) is 4.34. The molecule has 0 bridgehead atoms. The number of hydrogen-bond donors (Lipinski definition) is 2. The van der Waals surface area contributed by atoms with E-state index in [2.05, 4.69) is 5.10 Å². The smallest absolute Gasteiger partial charge is 0.391 e. The molecular formula is C15H14F3N3O3. The minimum absolute atomic E-state index is 0.0528. The Morgan fingerprint density at radius 1 is 1.25 bits per heavy atom. The van der Waals surface area contributed by atoms with E-state index in [1.54, 1.807) is 29.1 Å². The van der Waals surface area contributed by atoms with Crippen LogP contribution in [-0.2, 0) is 4.79 Å². The Morgan fingerprint density at radius 2 is 1.88 bits per heavy atom. The van der Waals surface area contributed by atoms with Gasteiger partial charge in [0.05, 0.1) is 12.1 Å². The number of nitrogens with one attached hydrogen (secondary N) is 1. The van der Waals surface area contributed by atoms with Crippen molar-refractivity contribution in [2.24, 2.45) is 0 Å². The van der Waals surface area contributed by atoms with Crippen molar-refractivity contribution in [3.63, 3.8) is 0 Å². The van der Waals surface area contributed by atoms with E-state index in [1.165, 1.54) is 12.1 Å². The molecule has 0 fully saturated rings. The van der Waals surface area contributed by atoms with Crippen molar-refractivity contribution in [2.45, 2.75) is 25.6 Å². The van der Waals surface area contributed by atoms with Crippen LogP contribution in [-0.4, -0.2) is 39.0 Å². The molecule has 9 heteroatoms. The van der Waals surface area contributed by atoms with Gasteiger partial charge in [-0.25, -0.2) is 9.48 Å². The predicted octanol–water partition coefficient (Wildman–Crippen LogP) is 2.32. The zero-order chi connectivity index (χ0) is 17.9. The number of aliphatic carboxylic acids is 1. The number of aryl methyl sites for hydroxylation is 1. The molecule has 0 saturated heterocycles. The van der Waals surface area contributed by atoms with E-state index in [4.69, 9.17) is 5.11 Å². The van der Waals surface area contributed by atoms with Crippen LogP contribution < -0.4 is 5.32 Å². The van der Waals surface area contributed by atoms with E-state index in [0.29, 0.717) is 5.69 Å². The summed E-state index contributed by atoms with van der Waals surface area (Å²) in [7, 11) is 0. The van der Waals surface area contributed by atoms with Crippen molar-refractivity contribution < 1.29 is 27.9 Å². The first kappa shape index (κ1) is 17.5. The minimum atomic E-state index is -4.70. The van der Waals surface area contributed by atoms with Gasteiger partial charge < -0.3 is 10.4 Å². The SMILES string of the molecule is Cc1ccnn1-c1ccc(C(=O)NC(CC(F)(F)F)C(=O)O)cc1. The molecule has 2 rings (SSSR count). The number of amides is 1. The molecule has 2 N–H and O–H groups in total. The maximum absolute atomic E-state index is 12.3. The van der Waals surface area contributed by atoms with Crippen LogP contribution in [0.1, 0.15) is 22.5 Å². The summed E-state index contributed by atoms with van der Waals surface area (Å²) in [6.45, 7) is 1.84. The standard InChI is InChI=1S/C15H14F3N3O3/c1-9-6-7-19-21(9)11-4-2-10(3-5-11)13(22)20-12(14(23)24)8-15(16,17)18/h2-7,12H,8H2,1H3,(H,20,22)(H,23,24). The van der Waals surface area contributed by atoms with Gasteiger partial charge in [-0.15, -0.1) is 0 Å². The lowest BCUT2D eigenvalue weighted by Crippen LogP contribution is -2.43. The Bertz CT molecular complexity index is 738. The van der Waals surface area contributed by atoms with Gasteiger partial charge in [-0.1, -0.05) is 0 Å². The van der Waals surface area contributed by atoms with Crippen molar-refractivity contribution in [1.82, 2.24) is 15.1 Å². The fraction of sp³-hybridized carbons (Fsp3) is 0.267. The van der Waals surface area contributed by atoms with Crippen LogP contribution in [0.15, 0.2) is 36.5 Å². The molecule has 1 amide bonds. The van der Waals surface area contributed by atoms with Gasteiger partial charge in [0.2, 0.25) is 0 Å². The highest BCUT2D eigenvalue weighted by Crippen LogP contribution is 2.22. The number of carboxylic acid groups (broad SMARTS) is 1. The second-order valence-corrected chi connectivity index (χ2v) is 5.11. The average Bonchev–Trinajstić information content (AvgIpc) is 2.91. The number of hydrogen-bond acceptors (Lipinski definition) is 3. The zero-order valence-electron chi connectivity index (χ0n) is 12.5. The van der Waals surface area contributed by atoms with Gasteiger partial charge in [0.15, 0.2) is 0 Å². The normalized spacial score (nSPS) is 12.7. The Hall–Kier alpha value is -2.84. The lowest BCUT2D eigenvalue weighted by atomic mass is 10.1. The second kappa shape index (κ2) is 6.73. The number of alkyl halides is 3. The highest BCUT2D eigenvalue weighted by Gasteiger charge is 2.36. The number of carboxylic acids is 1. The highest BCUT2D eigenvalue weighted by atomic mass is 19.4. The maximum Gasteiger partial charge on any atom is 0.391 e. The molecule has 1 heterocycles. The summed E-state index contributed by atoms with van der Waals surface area (Å²) >= 11 is 0. The molecule has 2 aromatic rings. The first-order chi connectivity index (χ1) is 11.2. The molecule has 1 unspecified atom stereocenters. The van der Waals surface area contributed by atoms with Gasteiger partial charge >= 0.3 is 12.1 Å². The number of halogens is 3. The first-order valence-corrected chi connectivity index (χ1v) is 6.89. The third-order valence-electron chi connectivity index (χ3n) is 3.25. The Balaban J connectivity index is 2.12. The Labute approximate surface area is 134 Å². The quantitative estimate of drug-likeness (QED) is 0.874. The van der Waals surface area contributed by atoms with Crippen molar-refractivity contribution in [2.75, 3.05) is 0 Å². The van der Waals surface area contributed by atoms with Gasteiger partial charge in [-0.3, -0.25) is 4.79 Å². The van der Waals surface area contributed by atoms with Gasteiger partial charge in [-0.2, -0.15) is 18.3 Å².